The molecule has 0 N–H and O–H groups in total. The summed E-state index contributed by atoms with van der Waals surface area (Å²) < 4.78 is 60.9. The number of hydrogen-bond acceptors (Lipinski definition) is 6. The number of anilines is 1. The van der Waals surface area contributed by atoms with Crippen LogP contribution in [0.25, 0.3) is 11.1 Å². The van der Waals surface area contributed by atoms with Crippen molar-refractivity contribution >= 4 is 31.8 Å². The fourth-order valence-corrected chi connectivity index (χ4v) is 5.11. The fraction of sp³-hybridized carbons (Fsp3) is 0.348. The van der Waals surface area contributed by atoms with Crippen molar-refractivity contribution in [3.63, 3.8) is 0 Å². The number of ether oxygens (including phenoxy) is 2. The first-order valence-corrected chi connectivity index (χ1v) is 12.2. The van der Waals surface area contributed by atoms with Crippen molar-refractivity contribution in [2.24, 2.45) is 0 Å². The molecule has 0 unspecified atom stereocenters. The summed E-state index contributed by atoms with van der Waals surface area (Å²) in [7, 11) is -2.71. The molecule has 1 heterocycles. The molecule has 0 aliphatic carbocycles. The molecule has 0 radical (unpaired) electrons. The van der Waals surface area contributed by atoms with E-state index in [-0.39, 0.29) is 24.1 Å². The van der Waals surface area contributed by atoms with Crippen molar-refractivity contribution in [3.05, 3.63) is 64.9 Å². The Bertz CT molecular complexity index is 1260. The van der Waals surface area contributed by atoms with Crippen LogP contribution in [0.4, 0.5) is 5.82 Å². The smallest absolute Gasteiger partial charge is 0.268 e. The lowest BCUT2D eigenvalue weighted by Crippen LogP contribution is -2.34. The fourth-order valence-electron chi connectivity index (χ4n) is 3.28. The van der Waals surface area contributed by atoms with Crippen LogP contribution in [0.5, 0.6) is 0 Å². The molecule has 3 aromatic rings. The summed E-state index contributed by atoms with van der Waals surface area (Å²) >= 11 is 3.05. The van der Waals surface area contributed by atoms with Crippen LogP contribution in [-0.4, -0.2) is 34.0 Å². The van der Waals surface area contributed by atoms with Gasteiger partial charge in [0.15, 0.2) is 5.82 Å². The predicted molar refractivity (Wildman–Crippen MR) is 127 cm³/mol. The van der Waals surface area contributed by atoms with E-state index in [1.807, 2.05) is 6.92 Å². The summed E-state index contributed by atoms with van der Waals surface area (Å²) in [5.74, 6) is 0.671. The third-order valence-electron chi connectivity index (χ3n) is 5.04. The number of methoxy groups -OCH3 is 1. The van der Waals surface area contributed by atoms with Crippen molar-refractivity contribution in [3.8, 4) is 11.1 Å². The molecule has 0 saturated carbocycles. The standard InChI is InChI=1S/C23H27BrN2O5S/c1-5-30-14-19-12-18(13-24)10-11-20(19)21-8-6-7-9-22(21)32(27,28)26(15-29-4)23-16(2)17(3)31-25-23/h6-12H,5,13-15H2,1-4H3/i13D2. The highest BCUT2D eigenvalue weighted by atomic mass is 79.9. The molecule has 0 spiro atoms. The number of alkyl halides is 1. The molecule has 0 amide bonds. The van der Waals surface area contributed by atoms with E-state index in [1.165, 1.54) is 13.2 Å². The van der Waals surface area contributed by atoms with Gasteiger partial charge in [-0.1, -0.05) is 57.5 Å². The monoisotopic (exact) mass is 524 g/mol. The average molecular weight is 525 g/mol. The maximum absolute atomic E-state index is 13.9. The third-order valence-corrected chi connectivity index (χ3v) is 7.26. The number of rotatable bonds is 10. The van der Waals surface area contributed by atoms with E-state index in [9.17, 15) is 8.42 Å². The van der Waals surface area contributed by atoms with Gasteiger partial charge >= 0.3 is 0 Å². The van der Waals surface area contributed by atoms with Crippen molar-refractivity contribution in [2.45, 2.75) is 37.6 Å². The Kier molecular flexibility index (Phi) is 7.17. The molecule has 0 saturated heterocycles. The Morgan fingerprint density at radius 2 is 1.94 bits per heavy atom. The Balaban J connectivity index is 2.20. The molecule has 0 fully saturated rings. The van der Waals surface area contributed by atoms with Crippen LogP contribution >= 0.6 is 15.9 Å². The van der Waals surface area contributed by atoms with Crippen LogP contribution in [0.15, 0.2) is 51.9 Å². The lowest BCUT2D eigenvalue weighted by Gasteiger charge is -2.23. The second-order valence-corrected chi connectivity index (χ2v) is 9.29. The van der Waals surface area contributed by atoms with Crippen LogP contribution in [-0.2, 0) is 31.4 Å². The SMILES string of the molecule is [2H]C([2H])(Br)c1ccc(-c2ccccc2S(=O)(=O)N(COC)c2noc(C)c2C)c(COCC)c1. The Hall–Kier alpha value is -2.20. The summed E-state index contributed by atoms with van der Waals surface area (Å²) in [6, 6.07) is 11.7. The van der Waals surface area contributed by atoms with Gasteiger partial charge in [0.1, 0.15) is 12.5 Å². The van der Waals surface area contributed by atoms with Crippen LogP contribution < -0.4 is 4.31 Å². The van der Waals surface area contributed by atoms with Gasteiger partial charge in [0, 0.05) is 32.9 Å². The Morgan fingerprint density at radius 1 is 1.19 bits per heavy atom. The number of aryl methyl sites for hydroxylation is 1. The zero-order valence-electron chi connectivity index (χ0n) is 20.4. The van der Waals surface area contributed by atoms with Crippen molar-refractivity contribution in [1.82, 2.24) is 5.16 Å². The predicted octanol–water partition coefficient (Wildman–Crippen LogP) is 5.19. The van der Waals surface area contributed by atoms with Gasteiger partial charge in [-0.25, -0.2) is 12.7 Å². The topological polar surface area (TPSA) is 81.9 Å². The molecule has 32 heavy (non-hydrogen) atoms. The van der Waals surface area contributed by atoms with Crippen molar-refractivity contribution in [1.29, 1.82) is 0 Å². The van der Waals surface area contributed by atoms with Crippen molar-refractivity contribution in [2.75, 3.05) is 24.8 Å². The molecule has 7 nitrogen and oxygen atoms in total. The minimum atomic E-state index is -4.12. The maximum atomic E-state index is 13.9. The molecule has 1 aromatic heterocycles. The van der Waals surface area contributed by atoms with Crippen LogP contribution in [0.2, 0.25) is 0 Å². The first-order chi connectivity index (χ1) is 16.0. The van der Waals surface area contributed by atoms with E-state index >= 15 is 0 Å². The summed E-state index contributed by atoms with van der Waals surface area (Å²) in [5.41, 5.74) is 2.74. The highest BCUT2D eigenvalue weighted by Gasteiger charge is 2.32. The van der Waals surface area contributed by atoms with Crippen LogP contribution in [0.1, 0.15) is 32.1 Å². The maximum Gasteiger partial charge on any atom is 0.268 e. The molecule has 0 aliphatic heterocycles. The normalized spacial score (nSPS) is 13.0. The lowest BCUT2D eigenvalue weighted by atomic mass is 9.98. The number of hydrogen-bond donors (Lipinski definition) is 0. The van der Waals surface area contributed by atoms with Crippen LogP contribution in [0.3, 0.4) is 0 Å². The minimum Gasteiger partial charge on any atom is -0.377 e. The van der Waals surface area contributed by atoms with E-state index in [0.717, 1.165) is 4.31 Å². The molecular weight excluding hydrogens is 496 g/mol. The Morgan fingerprint density at radius 3 is 2.56 bits per heavy atom. The van der Waals surface area contributed by atoms with Crippen LogP contribution in [0, 0.1) is 13.8 Å². The number of sulfonamides is 1. The zero-order chi connectivity index (χ0) is 25.1. The van der Waals surface area contributed by atoms with Gasteiger partial charge < -0.3 is 14.0 Å². The molecular formula is C23H27BrN2O5S. The minimum absolute atomic E-state index is 0.0550. The molecule has 9 heteroatoms. The summed E-state index contributed by atoms with van der Waals surface area (Å²) in [6.07, 6.45) is 0. The molecule has 3 rings (SSSR count). The highest BCUT2D eigenvalue weighted by molar-refractivity contribution is 9.08. The summed E-state index contributed by atoms with van der Waals surface area (Å²) in [4.78, 5) is 0.0550. The van der Waals surface area contributed by atoms with E-state index in [4.69, 9.17) is 16.7 Å². The first-order valence-electron chi connectivity index (χ1n) is 11.0. The number of halogens is 1. The number of nitrogens with zero attached hydrogens (tertiary/aromatic N) is 2. The van der Waals surface area contributed by atoms with E-state index in [1.54, 1.807) is 50.2 Å². The molecule has 0 bridgehead atoms. The van der Waals surface area contributed by atoms with Gasteiger partial charge in [0.25, 0.3) is 10.0 Å². The highest BCUT2D eigenvalue weighted by Crippen LogP contribution is 2.35. The van der Waals surface area contributed by atoms with E-state index in [0.29, 0.717) is 40.2 Å². The zero-order valence-corrected chi connectivity index (χ0v) is 20.8. The van der Waals surface area contributed by atoms with Gasteiger partial charge in [-0.2, -0.15) is 0 Å². The first kappa shape index (κ1) is 21.6. The summed E-state index contributed by atoms with van der Waals surface area (Å²) in [5, 5.41) is 2.21. The van der Waals surface area contributed by atoms with Gasteiger partial charge in [0.05, 0.1) is 11.5 Å². The van der Waals surface area contributed by atoms with Gasteiger partial charge in [-0.3, -0.25) is 0 Å². The molecule has 0 atom stereocenters. The van der Waals surface area contributed by atoms with E-state index in [2.05, 4.69) is 21.1 Å². The quantitative estimate of drug-likeness (QED) is 0.268. The largest absolute Gasteiger partial charge is 0.377 e. The average Bonchev–Trinajstić information content (AvgIpc) is 3.13. The van der Waals surface area contributed by atoms with Gasteiger partial charge in [-0.15, -0.1) is 0 Å². The molecule has 0 aliphatic rings. The lowest BCUT2D eigenvalue weighted by molar-refractivity contribution is 0.134. The van der Waals surface area contributed by atoms with Gasteiger partial charge in [-0.05, 0) is 43.5 Å². The van der Waals surface area contributed by atoms with Crippen molar-refractivity contribution < 1.29 is 25.2 Å². The Labute approximate surface area is 200 Å². The summed E-state index contributed by atoms with van der Waals surface area (Å²) in [6.45, 7) is 5.70. The van der Waals surface area contributed by atoms with E-state index < -0.39 is 15.3 Å². The molecule has 2 aromatic carbocycles. The van der Waals surface area contributed by atoms with Gasteiger partial charge in [0.2, 0.25) is 0 Å². The number of benzene rings is 2. The third kappa shape index (κ3) is 4.91. The molecule has 172 valence electrons. The number of aromatic nitrogens is 1. The second-order valence-electron chi connectivity index (χ2n) is 7.06. The second kappa shape index (κ2) is 10.6.